The molecule has 1 N–H and O–H groups in total. The molecule has 0 aliphatic carbocycles. The second-order valence-electron chi connectivity index (χ2n) is 6.30. The van der Waals surface area contributed by atoms with Gasteiger partial charge in [-0.2, -0.15) is 0 Å². The first-order valence-electron chi connectivity index (χ1n) is 8.67. The van der Waals surface area contributed by atoms with Crippen LogP contribution >= 0.6 is 0 Å². The summed E-state index contributed by atoms with van der Waals surface area (Å²) in [5, 5.41) is 3.88. The van der Waals surface area contributed by atoms with Crippen LogP contribution in [0.25, 0.3) is 10.9 Å². The molecule has 25 heavy (non-hydrogen) atoms. The standard InChI is InChI=1S/C19H23N3O3/c1-3-25-18(23)14-6-5-11-22(12-14)19(24)21-16-9-8-13(2)17-15(16)7-4-10-20-17/h4,7-10,14H,3,5-6,11-12H2,1-2H3,(H,21,24)/t14-/m1/s1. The highest BCUT2D eigenvalue weighted by molar-refractivity contribution is 6.01. The molecular weight excluding hydrogens is 318 g/mol. The number of aromatic nitrogens is 1. The molecule has 3 rings (SSSR count). The highest BCUT2D eigenvalue weighted by Crippen LogP contribution is 2.25. The number of ether oxygens (including phenoxy) is 1. The number of anilines is 1. The Morgan fingerprint density at radius 2 is 2.20 bits per heavy atom. The first-order valence-corrected chi connectivity index (χ1v) is 8.67. The zero-order valence-corrected chi connectivity index (χ0v) is 14.6. The number of nitrogens with one attached hydrogen (secondary N) is 1. The molecule has 1 aromatic carbocycles. The quantitative estimate of drug-likeness (QED) is 0.869. The zero-order valence-electron chi connectivity index (χ0n) is 14.6. The summed E-state index contributed by atoms with van der Waals surface area (Å²) in [6, 6.07) is 7.45. The maximum absolute atomic E-state index is 12.7. The number of carbonyl (C=O) groups is 2. The highest BCUT2D eigenvalue weighted by atomic mass is 16.5. The first kappa shape index (κ1) is 17.2. The van der Waals surface area contributed by atoms with E-state index in [9.17, 15) is 9.59 Å². The number of nitrogens with zero attached hydrogens (tertiary/aromatic N) is 2. The number of fused-ring (bicyclic) bond motifs is 1. The molecule has 6 heteroatoms. The number of esters is 1. The van der Waals surface area contributed by atoms with Crippen LogP contribution in [0.15, 0.2) is 30.5 Å². The highest BCUT2D eigenvalue weighted by Gasteiger charge is 2.29. The lowest BCUT2D eigenvalue weighted by atomic mass is 9.98. The van der Waals surface area contributed by atoms with Gasteiger partial charge in [0.1, 0.15) is 0 Å². The van der Waals surface area contributed by atoms with Gasteiger partial charge in [-0.1, -0.05) is 6.07 Å². The Labute approximate surface area is 147 Å². The van der Waals surface area contributed by atoms with Crippen LogP contribution in [-0.2, 0) is 9.53 Å². The normalized spacial score (nSPS) is 17.4. The second kappa shape index (κ2) is 7.51. The number of urea groups is 1. The van der Waals surface area contributed by atoms with Gasteiger partial charge < -0.3 is 15.0 Å². The molecule has 0 saturated carbocycles. The fraction of sp³-hybridized carbons (Fsp3) is 0.421. The number of amides is 2. The van der Waals surface area contributed by atoms with Gasteiger partial charge in [0.05, 0.1) is 23.7 Å². The monoisotopic (exact) mass is 341 g/mol. The maximum atomic E-state index is 12.7. The predicted molar refractivity (Wildman–Crippen MR) is 96.4 cm³/mol. The Balaban J connectivity index is 1.74. The molecule has 1 saturated heterocycles. The number of piperidine rings is 1. The molecule has 2 aromatic rings. The van der Waals surface area contributed by atoms with Crippen molar-refractivity contribution in [3.63, 3.8) is 0 Å². The maximum Gasteiger partial charge on any atom is 0.321 e. The summed E-state index contributed by atoms with van der Waals surface area (Å²) in [7, 11) is 0. The van der Waals surface area contributed by atoms with Crippen molar-refractivity contribution in [2.24, 2.45) is 5.92 Å². The number of carbonyl (C=O) groups excluding carboxylic acids is 2. The van der Waals surface area contributed by atoms with Gasteiger partial charge >= 0.3 is 12.0 Å². The van der Waals surface area contributed by atoms with Crippen molar-refractivity contribution in [2.75, 3.05) is 25.0 Å². The Morgan fingerprint density at radius 3 is 3.00 bits per heavy atom. The number of aryl methyl sites for hydroxylation is 1. The molecule has 1 aromatic heterocycles. The average molecular weight is 341 g/mol. The van der Waals surface area contributed by atoms with Gasteiger partial charge in [-0.3, -0.25) is 9.78 Å². The van der Waals surface area contributed by atoms with Crippen molar-refractivity contribution in [3.8, 4) is 0 Å². The lowest BCUT2D eigenvalue weighted by molar-refractivity contribution is -0.149. The number of rotatable bonds is 3. The van der Waals surface area contributed by atoms with E-state index in [0.717, 1.165) is 35.0 Å². The van der Waals surface area contributed by atoms with E-state index in [1.165, 1.54) is 0 Å². The van der Waals surface area contributed by atoms with E-state index in [4.69, 9.17) is 4.74 Å². The van der Waals surface area contributed by atoms with E-state index in [0.29, 0.717) is 19.7 Å². The Morgan fingerprint density at radius 1 is 1.36 bits per heavy atom. The van der Waals surface area contributed by atoms with Crippen LogP contribution in [-0.4, -0.2) is 41.6 Å². The third-order valence-electron chi connectivity index (χ3n) is 4.54. The van der Waals surface area contributed by atoms with Crippen molar-refractivity contribution in [2.45, 2.75) is 26.7 Å². The average Bonchev–Trinajstić information content (AvgIpc) is 2.64. The van der Waals surface area contributed by atoms with Crippen LogP contribution in [0, 0.1) is 12.8 Å². The molecule has 0 unspecified atom stereocenters. The molecule has 6 nitrogen and oxygen atoms in total. The smallest absolute Gasteiger partial charge is 0.321 e. The summed E-state index contributed by atoms with van der Waals surface area (Å²) in [4.78, 5) is 30.7. The largest absolute Gasteiger partial charge is 0.466 e. The van der Waals surface area contributed by atoms with Gasteiger partial charge in [-0.25, -0.2) is 4.79 Å². The van der Waals surface area contributed by atoms with Gasteiger partial charge in [0.15, 0.2) is 0 Å². The van der Waals surface area contributed by atoms with E-state index in [-0.39, 0.29) is 17.9 Å². The molecule has 1 fully saturated rings. The summed E-state index contributed by atoms with van der Waals surface area (Å²) in [5.41, 5.74) is 2.68. The molecular formula is C19H23N3O3. The molecule has 1 atom stereocenters. The Hall–Kier alpha value is -2.63. The van der Waals surface area contributed by atoms with Gasteiger partial charge in [-0.05, 0) is 50.5 Å². The number of benzene rings is 1. The number of likely N-dealkylation sites (tertiary alicyclic amines) is 1. The van der Waals surface area contributed by atoms with Gasteiger partial charge in [0, 0.05) is 24.7 Å². The van der Waals surface area contributed by atoms with Crippen LogP contribution in [0.1, 0.15) is 25.3 Å². The van der Waals surface area contributed by atoms with E-state index >= 15 is 0 Å². The van der Waals surface area contributed by atoms with Crippen LogP contribution < -0.4 is 5.32 Å². The summed E-state index contributed by atoms with van der Waals surface area (Å²) in [6.07, 6.45) is 3.31. The molecule has 2 amide bonds. The third-order valence-corrected chi connectivity index (χ3v) is 4.54. The number of pyridine rings is 1. The van der Waals surface area contributed by atoms with Crippen molar-refractivity contribution in [1.29, 1.82) is 0 Å². The van der Waals surface area contributed by atoms with Crippen LogP contribution in [0.4, 0.5) is 10.5 Å². The Bertz CT molecular complexity index is 791. The fourth-order valence-corrected chi connectivity index (χ4v) is 3.23. The lowest BCUT2D eigenvalue weighted by Gasteiger charge is -2.31. The zero-order chi connectivity index (χ0) is 17.8. The van der Waals surface area contributed by atoms with Gasteiger partial charge in [0.2, 0.25) is 0 Å². The fourth-order valence-electron chi connectivity index (χ4n) is 3.23. The topological polar surface area (TPSA) is 71.5 Å². The van der Waals surface area contributed by atoms with Crippen LogP contribution in [0.3, 0.4) is 0 Å². The van der Waals surface area contributed by atoms with Crippen LogP contribution in [0.5, 0.6) is 0 Å². The predicted octanol–water partition coefficient (Wildman–Crippen LogP) is 3.35. The molecule has 1 aliphatic rings. The summed E-state index contributed by atoms with van der Waals surface area (Å²) >= 11 is 0. The van der Waals surface area contributed by atoms with Crippen LogP contribution in [0.2, 0.25) is 0 Å². The second-order valence-corrected chi connectivity index (χ2v) is 6.30. The molecule has 132 valence electrons. The minimum Gasteiger partial charge on any atom is -0.466 e. The molecule has 0 radical (unpaired) electrons. The van der Waals surface area contributed by atoms with E-state index < -0.39 is 0 Å². The first-order chi connectivity index (χ1) is 12.1. The number of hydrogen-bond donors (Lipinski definition) is 1. The molecule has 1 aliphatic heterocycles. The minimum absolute atomic E-state index is 0.192. The molecule has 0 spiro atoms. The van der Waals surface area contributed by atoms with E-state index in [1.54, 1.807) is 18.0 Å². The van der Waals surface area contributed by atoms with Gasteiger partial charge in [0.25, 0.3) is 0 Å². The minimum atomic E-state index is -0.240. The number of hydrogen-bond acceptors (Lipinski definition) is 4. The molecule has 0 bridgehead atoms. The summed E-state index contributed by atoms with van der Waals surface area (Å²) in [6.45, 7) is 5.19. The Kier molecular flexibility index (Phi) is 5.16. The molecule has 2 heterocycles. The van der Waals surface area contributed by atoms with Gasteiger partial charge in [-0.15, -0.1) is 0 Å². The lowest BCUT2D eigenvalue weighted by Crippen LogP contribution is -2.44. The summed E-state index contributed by atoms with van der Waals surface area (Å²) < 4.78 is 5.09. The SMILES string of the molecule is CCOC(=O)[C@@H]1CCCN(C(=O)Nc2ccc(C)c3ncccc23)C1. The van der Waals surface area contributed by atoms with Crippen molar-refractivity contribution in [1.82, 2.24) is 9.88 Å². The van der Waals surface area contributed by atoms with E-state index in [1.807, 2.05) is 31.2 Å². The van der Waals surface area contributed by atoms with E-state index in [2.05, 4.69) is 10.3 Å². The summed E-state index contributed by atoms with van der Waals surface area (Å²) in [5.74, 6) is -0.458. The van der Waals surface area contributed by atoms with Crippen molar-refractivity contribution >= 4 is 28.6 Å². The van der Waals surface area contributed by atoms with Crippen molar-refractivity contribution in [3.05, 3.63) is 36.0 Å². The van der Waals surface area contributed by atoms with Crippen molar-refractivity contribution < 1.29 is 14.3 Å². The third kappa shape index (κ3) is 3.73.